The van der Waals surface area contributed by atoms with Crippen LogP contribution >= 0.6 is 23.2 Å². The van der Waals surface area contributed by atoms with Gasteiger partial charge in [0.05, 0.1) is 5.56 Å². The third kappa shape index (κ3) is 4.71. The summed E-state index contributed by atoms with van der Waals surface area (Å²) in [5.41, 5.74) is 2.71. The molecule has 1 atom stereocenters. The highest BCUT2D eigenvalue weighted by Gasteiger charge is 2.23. The second-order valence-electron chi connectivity index (χ2n) is 7.89. The monoisotopic (exact) mass is 504 g/mol. The molecule has 1 aromatic heterocycles. The molecule has 1 N–H and O–H groups in total. The van der Waals surface area contributed by atoms with Crippen LogP contribution in [0, 0.1) is 0 Å². The summed E-state index contributed by atoms with van der Waals surface area (Å²) in [6.07, 6.45) is -1.08. The van der Waals surface area contributed by atoms with Crippen LogP contribution in [-0.2, 0) is 9.53 Å². The summed E-state index contributed by atoms with van der Waals surface area (Å²) >= 11 is 12.0. The number of oxazole rings is 1. The summed E-state index contributed by atoms with van der Waals surface area (Å²) in [4.78, 5) is 30.4. The third-order valence-corrected chi connectivity index (χ3v) is 5.87. The Morgan fingerprint density at radius 2 is 1.66 bits per heavy atom. The average molecular weight is 505 g/mol. The van der Waals surface area contributed by atoms with Gasteiger partial charge in [0.1, 0.15) is 5.52 Å². The number of benzene rings is 4. The minimum Gasteiger partial charge on any atom is -0.449 e. The fourth-order valence-corrected chi connectivity index (χ4v) is 4.35. The molecule has 5 rings (SSSR count). The number of fused-ring (bicyclic) bond motifs is 2. The molecule has 0 aliphatic heterocycles. The van der Waals surface area contributed by atoms with Gasteiger partial charge in [-0.25, -0.2) is 9.78 Å². The highest BCUT2D eigenvalue weighted by atomic mass is 35.5. The molecule has 1 unspecified atom stereocenters. The number of anilines is 1. The van der Waals surface area contributed by atoms with Gasteiger partial charge in [-0.05, 0) is 54.8 Å². The van der Waals surface area contributed by atoms with Crippen molar-refractivity contribution in [2.24, 2.45) is 0 Å². The number of hydrogen-bond donors (Lipinski definition) is 1. The summed E-state index contributed by atoms with van der Waals surface area (Å²) in [6, 6.07) is 23.0. The average Bonchev–Trinajstić information content (AvgIpc) is 3.26. The van der Waals surface area contributed by atoms with Gasteiger partial charge in [-0.3, -0.25) is 4.79 Å². The summed E-state index contributed by atoms with van der Waals surface area (Å²) in [5.74, 6) is -0.775. The number of nitrogens with zero attached hydrogens (tertiary/aromatic N) is 1. The zero-order valence-electron chi connectivity index (χ0n) is 18.4. The predicted molar refractivity (Wildman–Crippen MR) is 137 cm³/mol. The van der Waals surface area contributed by atoms with E-state index in [1.807, 2.05) is 48.5 Å². The van der Waals surface area contributed by atoms with Crippen LogP contribution in [-0.4, -0.2) is 23.0 Å². The Balaban J connectivity index is 1.45. The Labute approximate surface area is 210 Å². The maximum atomic E-state index is 13.2. The Morgan fingerprint density at radius 3 is 2.40 bits per heavy atom. The van der Waals surface area contributed by atoms with Crippen molar-refractivity contribution in [2.75, 3.05) is 5.32 Å². The van der Waals surface area contributed by atoms with Gasteiger partial charge in [0.2, 0.25) is 5.89 Å². The first-order valence-electron chi connectivity index (χ1n) is 10.7. The number of para-hydroxylation sites is 2. The first kappa shape index (κ1) is 22.9. The highest BCUT2D eigenvalue weighted by Crippen LogP contribution is 2.33. The standard InChI is InChI=1S/C27H18Cl2N2O4/c1-15(25(32)30-19-13-17(28)12-18(29)14-19)34-27(33)21-9-5-7-16-6-4-8-20(24(16)21)26-31-22-10-2-3-11-23(22)35-26/h2-15H,1H3,(H,30,32). The number of rotatable bonds is 5. The van der Waals surface area contributed by atoms with Crippen LogP contribution in [0.5, 0.6) is 0 Å². The van der Waals surface area contributed by atoms with Gasteiger partial charge in [-0.2, -0.15) is 0 Å². The second-order valence-corrected chi connectivity index (χ2v) is 8.76. The Kier molecular flexibility index (Phi) is 6.16. The Bertz CT molecular complexity index is 1540. The molecular formula is C27H18Cl2N2O4. The first-order valence-corrected chi connectivity index (χ1v) is 11.5. The number of nitrogens with one attached hydrogen (secondary N) is 1. The highest BCUT2D eigenvalue weighted by molar-refractivity contribution is 6.35. The Morgan fingerprint density at radius 1 is 0.943 bits per heavy atom. The maximum Gasteiger partial charge on any atom is 0.339 e. The van der Waals surface area contributed by atoms with Crippen molar-refractivity contribution < 1.29 is 18.7 Å². The van der Waals surface area contributed by atoms with E-state index < -0.39 is 18.0 Å². The molecule has 0 fully saturated rings. The van der Waals surface area contributed by atoms with Crippen LogP contribution in [0.4, 0.5) is 5.69 Å². The van der Waals surface area contributed by atoms with Crippen molar-refractivity contribution in [1.29, 1.82) is 0 Å². The van der Waals surface area contributed by atoms with Crippen LogP contribution in [0.3, 0.4) is 0 Å². The van der Waals surface area contributed by atoms with E-state index in [9.17, 15) is 9.59 Å². The van der Waals surface area contributed by atoms with Crippen molar-refractivity contribution in [3.63, 3.8) is 0 Å². The number of hydrogen-bond acceptors (Lipinski definition) is 5. The lowest BCUT2D eigenvalue weighted by Gasteiger charge is -2.15. The molecule has 0 aliphatic carbocycles. The predicted octanol–water partition coefficient (Wildman–Crippen LogP) is 7.14. The number of carbonyl (C=O) groups excluding carboxylic acids is 2. The van der Waals surface area contributed by atoms with E-state index in [2.05, 4.69) is 10.3 Å². The molecule has 5 aromatic rings. The van der Waals surface area contributed by atoms with E-state index in [0.717, 1.165) is 5.39 Å². The molecule has 174 valence electrons. The summed E-state index contributed by atoms with van der Waals surface area (Å²) in [7, 11) is 0. The summed E-state index contributed by atoms with van der Waals surface area (Å²) < 4.78 is 11.5. The quantitative estimate of drug-likeness (QED) is 0.257. The minimum absolute atomic E-state index is 0.297. The number of aromatic nitrogens is 1. The van der Waals surface area contributed by atoms with Gasteiger partial charge in [-0.15, -0.1) is 0 Å². The number of halogens is 2. The molecule has 4 aromatic carbocycles. The molecular weight excluding hydrogens is 487 g/mol. The molecule has 35 heavy (non-hydrogen) atoms. The van der Waals surface area contributed by atoms with E-state index >= 15 is 0 Å². The third-order valence-electron chi connectivity index (χ3n) is 5.43. The van der Waals surface area contributed by atoms with E-state index in [0.29, 0.717) is 49.2 Å². The van der Waals surface area contributed by atoms with E-state index in [1.54, 1.807) is 30.3 Å². The van der Waals surface area contributed by atoms with Gasteiger partial charge >= 0.3 is 5.97 Å². The Hall–Kier alpha value is -3.87. The van der Waals surface area contributed by atoms with Crippen LogP contribution in [0.2, 0.25) is 10.0 Å². The van der Waals surface area contributed by atoms with Crippen molar-refractivity contribution in [3.8, 4) is 11.5 Å². The zero-order chi connectivity index (χ0) is 24.5. The normalized spacial score (nSPS) is 12.0. The molecule has 6 nitrogen and oxygen atoms in total. The van der Waals surface area contributed by atoms with Gasteiger partial charge in [-0.1, -0.05) is 59.6 Å². The largest absolute Gasteiger partial charge is 0.449 e. The molecule has 0 aliphatic rings. The fourth-order valence-electron chi connectivity index (χ4n) is 3.82. The number of carbonyl (C=O) groups is 2. The SMILES string of the molecule is CC(OC(=O)c1cccc2cccc(-c3nc4ccccc4o3)c12)C(=O)Nc1cc(Cl)cc(Cl)c1. The van der Waals surface area contributed by atoms with Crippen molar-refractivity contribution >= 4 is 62.6 Å². The van der Waals surface area contributed by atoms with E-state index in [-0.39, 0.29) is 0 Å². The fraction of sp³-hybridized carbons (Fsp3) is 0.0741. The van der Waals surface area contributed by atoms with Crippen molar-refractivity contribution in [2.45, 2.75) is 13.0 Å². The molecule has 1 amide bonds. The van der Waals surface area contributed by atoms with Crippen LogP contribution in [0.1, 0.15) is 17.3 Å². The number of esters is 1. The molecule has 0 bridgehead atoms. The number of ether oxygens (including phenoxy) is 1. The molecule has 0 saturated carbocycles. The lowest BCUT2D eigenvalue weighted by molar-refractivity contribution is -0.123. The smallest absolute Gasteiger partial charge is 0.339 e. The van der Waals surface area contributed by atoms with E-state index in [4.69, 9.17) is 32.4 Å². The second kappa shape index (κ2) is 9.41. The van der Waals surface area contributed by atoms with Crippen molar-refractivity contribution in [3.05, 3.63) is 94.5 Å². The molecule has 0 radical (unpaired) electrons. The first-order chi connectivity index (χ1) is 16.9. The van der Waals surface area contributed by atoms with Crippen LogP contribution in [0.25, 0.3) is 33.3 Å². The van der Waals surface area contributed by atoms with Crippen LogP contribution in [0.15, 0.2) is 83.3 Å². The van der Waals surface area contributed by atoms with Gasteiger partial charge < -0.3 is 14.5 Å². The minimum atomic E-state index is -1.08. The molecule has 0 saturated heterocycles. The molecule has 0 spiro atoms. The van der Waals surface area contributed by atoms with Gasteiger partial charge in [0.25, 0.3) is 5.91 Å². The van der Waals surface area contributed by atoms with Gasteiger partial charge in [0, 0.05) is 26.7 Å². The lowest BCUT2D eigenvalue weighted by Crippen LogP contribution is -2.30. The van der Waals surface area contributed by atoms with Crippen molar-refractivity contribution in [1.82, 2.24) is 4.98 Å². The van der Waals surface area contributed by atoms with E-state index in [1.165, 1.54) is 6.92 Å². The molecule has 1 heterocycles. The zero-order valence-corrected chi connectivity index (χ0v) is 19.9. The lowest BCUT2D eigenvalue weighted by atomic mass is 9.99. The maximum absolute atomic E-state index is 13.2. The topological polar surface area (TPSA) is 81.4 Å². The number of amides is 1. The summed E-state index contributed by atoms with van der Waals surface area (Å²) in [6.45, 7) is 1.49. The van der Waals surface area contributed by atoms with Crippen LogP contribution < -0.4 is 5.32 Å². The van der Waals surface area contributed by atoms with Gasteiger partial charge in [0.15, 0.2) is 11.7 Å². The molecule has 8 heteroatoms. The summed E-state index contributed by atoms with van der Waals surface area (Å²) in [5, 5.41) is 4.85.